The third kappa shape index (κ3) is 1.62. The van der Waals surface area contributed by atoms with Crippen LogP contribution in [-0.2, 0) is 7.05 Å². The minimum Gasteiger partial charge on any atom is -0.480 e. The van der Waals surface area contributed by atoms with E-state index in [1.54, 1.807) is 11.8 Å². The van der Waals surface area contributed by atoms with Crippen LogP contribution in [0.2, 0.25) is 0 Å². The van der Waals surface area contributed by atoms with Gasteiger partial charge in [0.2, 0.25) is 5.88 Å². The molecule has 0 bridgehead atoms. The van der Waals surface area contributed by atoms with E-state index in [1.807, 2.05) is 13.2 Å². The molecule has 0 spiro atoms. The van der Waals surface area contributed by atoms with E-state index in [0.29, 0.717) is 6.04 Å². The first kappa shape index (κ1) is 9.52. The molecule has 0 radical (unpaired) electrons. The summed E-state index contributed by atoms with van der Waals surface area (Å²) in [6, 6.07) is 0.411. The summed E-state index contributed by atoms with van der Waals surface area (Å²) in [5.41, 5.74) is 1.18. The summed E-state index contributed by atoms with van der Waals surface area (Å²) >= 11 is 0. The molecule has 78 valence electrons. The molecule has 0 saturated carbocycles. The van der Waals surface area contributed by atoms with Gasteiger partial charge in [0.1, 0.15) is 0 Å². The normalized spacial score (nSPS) is 26.8. The van der Waals surface area contributed by atoms with Crippen LogP contribution in [0.5, 0.6) is 5.88 Å². The zero-order chi connectivity index (χ0) is 10.1. The van der Waals surface area contributed by atoms with Crippen LogP contribution in [0, 0.1) is 5.92 Å². The lowest BCUT2D eigenvalue weighted by atomic mass is 10.0. The van der Waals surface area contributed by atoms with Gasteiger partial charge in [-0.2, -0.15) is 0 Å². The van der Waals surface area contributed by atoms with Crippen molar-refractivity contribution in [2.24, 2.45) is 13.0 Å². The standard InChI is InChI=1S/C10H17N3O/c1-7-4-9(11-5-7)8-6-13(2)12-10(8)14-3/h6-7,9,11H,4-5H2,1-3H3. The van der Waals surface area contributed by atoms with E-state index in [1.165, 1.54) is 12.0 Å². The fraction of sp³-hybridized carbons (Fsp3) is 0.700. The van der Waals surface area contributed by atoms with Crippen LogP contribution in [0.4, 0.5) is 0 Å². The van der Waals surface area contributed by atoms with Gasteiger partial charge in [-0.05, 0) is 18.9 Å². The average Bonchev–Trinajstić information content (AvgIpc) is 2.71. The third-order valence-electron chi connectivity index (χ3n) is 2.74. The van der Waals surface area contributed by atoms with Gasteiger partial charge in [-0.3, -0.25) is 4.68 Å². The Morgan fingerprint density at radius 1 is 1.64 bits per heavy atom. The van der Waals surface area contributed by atoms with Crippen LogP contribution in [0.25, 0.3) is 0 Å². The SMILES string of the molecule is COc1nn(C)cc1C1CC(C)CN1. The molecule has 4 heteroatoms. The Labute approximate surface area is 84.3 Å². The van der Waals surface area contributed by atoms with Crippen molar-refractivity contribution in [3.8, 4) is 5.88 Å². The smallest absolute Gasteiger partial charge is 0.237 e. The van der Waals surface area contributed by atoms with Crippen molar-refractivity contribution < 1.29 is 4.74 Å². The maximum Gasteiger partial charge on any atom is 0.237 e. The van der Waals surface area contributed by atoms with Crippen molar-refractivity contribution >= 4 is 0 Å². The second-order valence-corrected chi connectivity index (χ2v) is 4.07. The number of aromatic nitrogens is 2. The maximum atomic E-state index is 5.24. The number of ether oxygens (including phenoxy) is 1. The average molecular weight is 195 g/mol. The maximum absolute atomic E-state index is 5.24. The first-order valence-electron chi connectivity index (χ1n) is 5.01. The molecule has 1 fully saturated rings. The lowest BCUT2D eigenvalue weighted by molar-refractivity contribution is 0.383. The molecule has 0 aliphatic carbocycles. The highest BCUT2D eigenvalue weighted by Gasteiger charge is 2.26. The van der Waals surface area contributed by atoms with Crippen molar-refractivity contribution in [2.75, 3.05) is 13.7 Å². The molecule has 0 aromatic carbocycles. The van der Waals surface area contributed by atoms with E-state index in [9.17, 15) is 0 Å². The van der Waals surface area contributed by atoms with Gasteiger partial charge in [-0.1, -0.05) is 6.92 Å². The van der Waals surface area contributed by atoms with Gasteiger partial charge in [0, 0.05) is 19.3 Å². The monoisotopic (exact) mass is 195 g/mol. The topological polar surface area (TPSA) is 39.1 Å². The van der Waals surface area contributed by atoms with Crippen molar-refractivity contribution in [3.05, 3.63) is 11.8 Å². The van der Waals surface area contributed by atoms with E-state index < -0.39 is 0 Å². The summed E-state index contributed by atoms with van der Waals surface area (Å²) < 4.78 is 7.05. The Morgan fingerprint density at radius 2 is 2.43 bits per heavy atom. The zero-order valence-electron chi connectivity index (χ0n) is 8.95. The summed E-state index contributed by atoms with van der Waals surface area (Å²) in [5.74, 6) is 1.49. The van der Waals surface area contributed by atoms with E-state index in [-0.39, 0.29) is 0 Å². The number of nitrogens with one attached hydrogen (secondary N) is 1. The van der Waals surface area contributed by atoms with Crippen molar-refractivity contribution in [2.45, 2.75) is 19.4 Å². The first-order valence-corrected chi connectivity index (χ1v) is 5.01. The Bertz CT molecular complexity index is 321. The van der Waals surface area contributed by atoms with Crippen molar-refractivity contribution in [1.82, 2.24) is 15.1 Å². The highest BCUT2D eigenvalue weighted by atomic mass is 16.5. The van der Waals surface area contributed by atoms with Crippen LogP contribution >= 0.6 is 0 Å². The number of nitrogens with zero attached hydrogens (tertiary/aromatic N) is 2. The molecule has 2 atom stereocenters. The fourth-order valence-corrected chi connectivity index (χ4v) is 2.03. The molecule has 1 aromatic heterocycles. The molecular weight excluding hydrogens is 178 g/mol. The molecule has 1 saturated heterocycles. The lowest BCUT2D eigenvalue weighted by Crippen LogP contribution is -2.13. The molecular formula is C10H17N3O. The van der Waals surface area contributed by atoms with Gasteiger partial charge < -0.3 is 10.1 Å². The minimum atomic E-state index is 0.411. The van der Waals surface area contributed by atoms with Crippen LogP contribution in [0.3, 0.4) is 0 Å². The molecule has 1 N–H and O–H groups in total. The van der Waals surface area contributed by atoms with Crippen LogP contribution in [-0.4, -0.2) is 23.4 Å². The largest absolute Gasteiger partial charge is 0.480 e. The van der Waals surface area contributed by atoms with Crippen molar-refractivity contribution in [3.63, 3.8) is 0 Å². The highest BCUT2D eigenvalue weighted by Crippen LogP contribution is 2.31. The summed E-state index contributed by atoms with van der Waals surface area (Å²) in [4.78, 5) is 0. The number of rotatable bonds is 2. The quantitative estimate of drug-likeness (QED) is 0.768. The van der Waals surface area contributed by atoms with Crippen molar-refractivity contribution in [1.29, 1.82) is 0 Å². The Hall–Kier alpha value is -1.03. The third-order valence-corrected chi connectivity index (χ3v) is 2.74. The fourth-order valence-electron chi connectivity index (χ4n) is 2.03. The van der Waals surface area contributed by atoms with Gasteiger partial charge in [0.05, 0.1) is 12.7 Å². The number of aryl methyl sites for hydroxylation is 1. The Balaban J connectivity index is 2.22. The van der Waals surface area contributed by atoms with Crippen LogP contribution in [0.15, 0.2) is 6.20 Å². The van der Waals surface area contributed by atoms with E-state index in [0.717, 1.165) is 18.3 Å². The van der Waals surface area contributed by atoms with Gasteiger partial charge in [0.15, 0.2) is 0 Å². The molecule has 1 aromatic rings. The van der Waals surface area contributed by atoms with Gasteiger partial charge in [-0.25, -0.2) is 0 Å². The molecule has 1 aliphatic heterocycles. The van der Waals surface area contributed by atoms with E-state index in [4.69, 9.17) is 4.74 Å². The number of hydrogen-bond donors (Lipinski definition) is 1. The molecule has 2 heterocycles. The van der Waals surface area contributed by atoms with Gasteiger partial charge >= 0.3 is 0 Å². The predicted octanol–water partition coefficient (Wildman–Crippen LogP) is 1.10. The molecule has 1 aliphatic rings. The number of methoxy groups -OCH3 is 1. The predicted molar refractivity (Wildman–Crippen MR) is 54.3 cm³/mol. The summed E-state index contributed by atoms with van der Waals surface area (Å²) in [5, 5.41) is 7.73. The van der Waals surface area contributed by atoms with E-state index >= 15 is 0 Å². The summed E-state index contributed by atoms with van der Waals surface area (Å²) in [6.07, 6.45) is 3.20. The second kappa shape index (κ2) is 3.61. The highest BCUT2D eigenvalue weighted by molar-refractivity contribution is 5.27. The van der Waals surface area contributed by atoms with E-state index in [2.05, 4.69) is 17.3 Å². The number of hydrogen-bond acceptors (Lipinski definition) is 3. The van der Waals surface area contributed by atoms with Gasteiger partial charge in [-0.15, -0.1) is 5.10 Å². The Kier molecular flexibility index (Phi) is 2.46. The zero-order valence-corrected chi connectivity index (χ0v) is 8.95. The molecule has 0 amide bonds. The molecule has 2 unspecified atom stereocenters. The summed E-state index contributed by atoms with van der Waals surface area (Å²) in [6.45, 7) is 3.35. The van der Waals surface area contributed by atoms with Crippen LogP contribution in [0.1, 0.15) is 24.9 Å². The Morgan fingerprint density at radius 3 is 3.00 bits per heavy atom. The van der Waals surface area contributed by atoms with Crippen LogP contribution < -0.4 is 10.1 Å². The minimum absolute atomic E-state index is 0.411. The molecule has 14 heavy (non-hydrogen) atoms. The molecule has 4 nitrogen and oxygen atoms in total. The first-order chi connectivity index (χ1) is 6.70. The summed E-state index contributed by atoms with van der Waals surface area (Å²) in [7, 11) is 3.59. The molecule has 2 rings (SSSR count). The van der Waals surface area contributed by atoms with Gasteiger partial charge in [0.25, 0.3) is 0 Å². The second-order valence-electron chi connectivity index (χ2n) is 4.07. The lowest BCUT2D eigenvalue weighted by Gasteiger charge is -2.08.